The first-order chi connectivity index (χ1) is 12.8. The van der Waals surface area contributed by atoms with Crippen molar-refractivity contribution in [2.75, 3.05) is 6.61 Å². The Labute approximate surface area is 160 Å². The Hall–Kier alpha value is -2.74. The average Bonchev–Trinajstić information content (AvgIpc) is 3.15. The minimum atomic E-state index is -0.395. The van der Waals surface area contributed by atoms with Crippen molar-refractivity contribution in [1.29, 1.82) is 0 Å². The van der Waals surface area contributed by atoms with Crippen molar-refractivity contribution in [3.63, 3.8) is 0 Å². The SMILES string of the molecule is CCOC(=O)c1sc(-c2ccc3c(c2)c([N+](=O)[O-])cn3CC(C)C)nc1C. The Morgan fingerprint density at radius 3 is 2.78 bits per heavy atom. The molecule has 0 fully saturated rings. The second-order valence-corrected chi connectivity index (χ2v) is 7.70. The molecule has 0 aliphatic rings. The maximum absolute atomic E-state index is 12.0. The summed E-state index contributed by atoms with van der Waals surface area (Å²) < 4.78 is 6.97. The monoisotopic (exact) mass is 387 g/mol. The van der Waals surface area contributed by atoms with Crippen LogP contribution in [-0.4, -0.2) is 27.1 Å². The maximum Gasteiger partial charge on any atom is 0.350 e. The summed E-state index contributed by atoms with van der Waals surface area (Å²) in [6.45, 7) is 8.65. The van der Waals surface area contributed by atoms with Crippen LogP contribution in [-0.2, 0) is 11.3 Å². The van der Waals surface area contributed by atoms with Gasteiger partial charge in [0, 0.05) is 12.1 Å². The third kappa shape index (κ3) is 3.71. The summed E-state index contributed by atoms with van der Waals surface area (Å²) in [5, 5.41) is 12.7. The molecule has 8 heteroatoms. The normalized spacial score (nSPS) is 11.3. The number of benzene rings is 1. The van der Waals surface area contributed by atoms with E-state index in [1.54, 1.807) is 26.1 Å². The van der Waals surface area contributed by atoms with Gasteiger partial charge >= 0.3 is 5.97 Å². The fourth-order valence-electron chi connectivity index (χ4n) is 3.01. The summed E-state index contributed by atoms with van der Waals surface area (Å²) >= 11 is 1.24. The number of fused-ring (bicyclic) bond motifs is 1. The van der Waals surface area contributed by atoms with E-state index in [1.165, 1.54) is 11.3 Å². The summed E-state index contributed by atoms with van der Waals surface area (Å²) in [7, 11) is 0. The Morgan fingerprint density at radius 2 is 2.15 bits per heavy atom. The Bertz CT molecular complexity index is 1020. The lowest BCUT2D eigenvalue weighted by atomic mass is 10.1. The molecule has 0 atom stereocenters. The minimum Gasteiger partial charge on any atom is -0.462 e. The molecule has 0 aliphatic heterocycles. The van der Waals surface area contributed by atoms with Crippen LogP contribution in [0.5, 0.6) is 0 Å². The van der Waals surface area contributed by atoms with Gasteiger partial charge in [0.05, 0.1) is 34.3 Å². The summed E-state index contributed by atoms with van der Waals surface area (Å²) in [6.07, 6.45) is 1.59. The van der Waals surface area contributed by atoms with Crippen LogP contribution in [0.1, 0.15) is 36.1 Å². The first-order valence-electron chi connectivity index (χ1n) is 8.74. The molecule has 142 valence electrons. The molecule has 3 rings (SSSR count). The smallest absolute Gasteiger partial charge is 0.350 e. The van der Waals surface area contributed by atoms with E-state index in [-0.39, 0.29) is 10.6 Å². The fraction of sp³-hybridized carbons (Fsp3) is 0.368. The number of esters is 1. The molecule has 0 N–H and O–H groups in total. The van der Waals surface area contributed by atoms with E-state index in [0.717, 1.165) is 11.1 Å². The molecule has 0 aliphatic carbocycles. The number of nitro groups is 1. The Kier molecular flexibility index (Phi) is 5.27. The number of carbonyl (C=O) groups is 1. The van der Waals surface area contributed by atoms with Crippen LogP contribution in [0.25, 0.3) is 21.5 Å². The number of hydrogen-bond donors (Lipinski definition) is 0. The van der Waals surface area contributed by atoms with Gasteiger partial charge in [-0.3, -0.25) is 10.1 Å². The van der Waals surface area contributed by atoms with Gasteiger partial charge in [0.1, 0.15) is 9.88 Å². The van der Waals surface area contributed by atoms with E-state index in [2.05, 4.69) is 18.8 Å². The van der Waals surface area contributed by atoms with Gasteiger partial charge < -0.3 is 9.30 Å². The van der Waals surface area contributed by atoms with Crippen LogP contribution in [0.3, 0.4) is 0 Å². The highest BCUT2D eigenvalue weighted by Gasteiger charge is 2.21. The largest absolute Gasteiger partial charge is 0.462 e. The zero-order chi connectivity index (χ0) is 19.7. The Morgan fingerprint density at radius 1 is 1.41 bits per heavy atom. The Balaban J connectivity index is 2.09. The number of nitrogens with zero attached hydrogens (tertiary/aromatic N) is 3. The third-order valence-corrected chi connectivity index (χ3v) is 5.31. The lowest BCUT2D eigenvalue weighted by Crippen LogP contribution is -2.03. The van der Waals surface area contributed by atoms with Crippen LogP contribution < -0.4 is 0 Å². The molecule has 0 radical (unpaired) electrons. The molecular formula is C19H21N3O4S. The maximum atomic E-state index is 12.0. The summed E-state index contributed by atoms with van der Waals surface area (Å²) in [5.74, 6) is -0.0254. The number of hydrogen-bond acceptors (Lipinski definition) is 6. The number of aromatic nitrogens is 2. The molecule has 0 spiro atoms. The second-order valence-electron chi connectivity index (χ2n) is 6.70. The van der Waals surface area contributed by atoms with Gasteiger partial charge in [0.25, 0.3) is 5.69 Å². The van der Waals surface area contributed by atoms with E-state index in [9.17, 15) is 14.9 Å². The van der Waals surface area contributed by atoms with Gasteiger partial charge in [0.15, 0.2) is 0 Å². The van der Waals surface area contributed by atoms with Crippen LogP contribution in [0, 0.1) is 23.0 Å². The molecule has 7 nitrogen and oxygen atoms in total. The van der Waals surface area contributed by atoms with Crippen LogP contribution in [0.2, 0.25) is 0 Å². The molecule has 1 aromatic carbocycles. The van der Waals surface area contributed by atoms with Crippen molar-refractivity contribution in [2.24, 2.45) is 5.92 Å². The molecule has 0 bridgehead atoms. The first-order valence-corrected chi connectivity index (χ1v) is 9.55. The number of ether oxygens (including phenoxy) is 1. The molecule has 0 unspecified atom stereocenters. The van der Waals surface area contributed by atoms with Crippen LogP contribution in [0.15, 0.2) is 24.4 Å². The molecule has 0 amide bonds. The lowest BCUT2D eigenvalue weighted by Gasteiger charge is -2.07. The highest BCUT2D eigenvalue weighted by molar-refractivity contribution is 7.17. The van der Waals surface area contributed by atoms with Gasteiger partial charge in [-0.05, 0) is 38.0 Å². The average molecular weight is 387 g/mol. The summed E-state index contributed by atoms with van der Waals surface area (Å²) in [5.41, 5.74) is 2.24. The zero-order valence-electron chi connectivity index (χ0n) is 15.7. The molecule has 0 saturated carbocycles. The third-order valence-electron chi connectivity index (χ3n) is 4.12. The number of rotatable bonds is 6. The van der Waals surface area contributed by atoms with Gasteiger partial charge in [0.2, 0.25) is 0 Å². The fourth-order valence-corrected chi connectivity index (χ4v) is 3.96. The van der Waals surface area contributed by atoms with Crippen LogP contribution >= 0.6 is 11.3 Å². The van der Waals surface area contributed by atoms with Crippen molar-refractivity contribution in [2.45, 2.75) is 34.2 Å². The van der Waals surface area contributed by atoms with E-state index >= 15 is 0 Å². The summed E-state index contributed by atoms with van der Waals surface area (Å²) in [4.78, 5) is 28.1. The van der Waals surface area contributed by atoms with E-state index in [1.807, 2.05) is 16.7 Å². The van der Waals surface area contributed by atoms with Gasteiger partial charge in [-0.2, -0.15) is 0 Å². The highest BCUT2D eigenvalue weighted by atomic mass is 32.1. The van der Waals surface area contributed by atoms with Gasteiger partial charge in [-0.1, -0.05) is 13.8 Å². The number of thiazole rings is 1. The number of aryl methyl sites for hydroxylation is 1. The van der Waals surface area contributed by atoms with E-state index in [4.69, 9.17) is 4.74 Å². The molecule has 27 heavy (non-hydrogen) atoms. The first kappa shape index (κ1) is 19.0. The standard InChI is InChI=1S/C19H21N3O4S/c1-5-26-19(23)17-12(4)20-18(27-17)13-6-7-15-14(8-13)16(22(24)25)10-21(15)9-11(2)3/h6-8,10-11H,5,9H2,1-4H3. The highest BCUT2D eigenvalue weighted by Crippen LogP contribution is 2.35. The van der Waals surface area contributed by atoms with Crippen LogP contribution in [0.4, 0.5) is 5.69 Å². The van der Waals surface area contributed by atoms with Crippen molar-refractivity contribution < 1.29 is 14.5 Å². The van der Waals surface area contributed by atoms with Crippen molar-refractivity contribution >= 4 is 33.9 Å². The molecule has 3 aromatic rings. The molecule has 0 saturated heterocycles. The topological polar surface area (TPSA) is 87.3 Å². The van der Waals surface area contributed by atoms with Gasteiger partial charge in [-0.15, -0.1) is 11.3 Å². The number of carbonyl (C=O) groups excluding carboxylic acids is 1. The lowest BCUT2D eigenvalue weighted by molar-refractivity contribution is -0.383. The molecular weight excluding hydrogens is 366 g/mol. The predicted molar refractivity (Wildman–Crippen MR) is 105 cm³/mol. The predicted octanol–water partition coefficient (Wildman–Crippen LogP) is 4.81. The second kappa shape index (κ2) is 7.48. The molecule has 2 aromatic heterocycles. The zero-order valence-corrected chi connectivity index (χ0v) is 16.5. The van der Waals surface area contributed by atoms with Crippen molar-refractivity contribution in [1.82, 2.24) is 9.55 Å². The van der Waals surface area contributed by atoms with Crippen molar-refractivity contribution in [3.05, 3.63) is 45.1 Å². The minimum absolute atomic E-state index is 0.0754. The van der Waals surface area contributed by atoms with E-state index < -0.39 is 5.97 Å². The quantitative estimate of drug-likeness (QED) is 0.344. The molecule has 2 heterocycles. The summed E-state index contributed by atoms with van der Waals surface area (Å²) in [6, 6.07) is 5.54. The van der Waals surface area contributed by atoms with Gasteiger partial charge in [-0.25, -0.2) is 9.78 Å². The van der Waals surface area contributed by atoms with E-state index in [0.29, 0.717) is 40.0 Å². The van der Waals surface area contributed by atoms with Crippen molar-refractivity contribution in [3.8, 4) is 10.6 Å².